The van der Waals surface area contributed by atoms with E-state index in [0.29, 0.717) is 45.2 Å². The van der Waals surface area contributed by atoms with Crippen molar-refractivity contribution in [3.8, 4) is 28.7 Å². The van der Waals surface area contributed by atoms with Crippen LogP contribution >= 0.6 is 0 Å². The van der Waals surface area contributed by atoms with E-state index in [1.807, 2.05) is 0 Å². The second-order valence-electron chi connectivity index (χ2n) is 8.57. The number of rotatable bonds is 11. The van der Waals surface area contributed by atoms with Gasteiger partial charge in [0.1, 0.15) is 11.5 Å². The molecule has 0 saturated heterocycles. The number of carbonyl (C=O) groups excluding carboxylic acids is 1. The minimum absolute atomic E-state index is 0.222. The normalized spacial score (nSPS) is 11.4. The Bertz CT molecular complexity index is 1510. The molecule has 212 valence electrons. The maximum atomic E-state index is 13.0. The molecule has 10 nitrogen and oxygen atoms in total. The number of nitrogens with one attached hydrogen (secondary N) is 1. The predicted molar refractivity (Wildman–Crippen MR) is 140 cm³/mol. The zero-order valence-corrected chi connectivity index (χ0v) is 22.2. The van der Waals surface area contributed by atoms with Crippen LogP contribution < -0.4 is 24.3 Å². The lowest BCUT2D eigenvalue weighted by Crippen LogP contribution is -2.21. The smallest absolute Gasteiger partial charge is 0.422 e. The third-order valence-electron chi connectivity index (χ3n) is 5.72. The fourth-order valence-electron chi connectivity index (χ4n) is 3.81. The number of anilines is 1. The Morgan fingerprint density at radius 2 is 1.73 bits per heavy atom. The molecule has 0 aliphatic heterocycles. The molecule has 0 unspecified atom stereocenters. The molecule has 0 aliphatic rings. The Kier molecular flexibility index (Phi) is 8.63. The lowest BCUT2D eigenvalue weighted by atomic mass is 10.1. The third kappa shape index (κ3) is 6.72. The first kappa shape index (κ1) is 28.5. The molecule has 0 spiro atoms. The summed E-state index contributed by atoms with van der Waals surface area (Å²) in [6, 6.07) is 10.2. The molecule has 1 N–H and O–H groups in total. The quantitative estimate of drug-likeness (QED) is 0.260. The van der Waals surface area contributed by atoms with Crippen molar-refractivity contribution in [2.75, 3.05) is 39.9 Å². The van der Waals surface area contributed by atoms with E-state index in [4.69, 9.17) is 23.7 Å². The maximum absolute atomic E-state index is 13.0. The highest BCUT2D eigenvalue weighted by atomic mass is 19.4. The summed E-state index contributed by atoms with van der Waals surface area (Å²) in [5.41, 5.74) is 1.42. The van der Waals surface area contributed by atoms with Gasteiger partial charge in [-0.3, -0.25) is 14.5 Å². The first-order valence-electron chi connectivity index (χ1n) is 12.0. The number of aryl methyl sites for hydroxylation is 1. The fourth-order valence-corrected chi connectivity index (χ4v) is 3.81. The number of ether oxygens (including phenoxy) is 5. The SMILES string of the molecule is COCCn1cc(OCC(F)(F)F)c(C(=O)Nc2ccc(Oc3ccnc4cc(OC)c(OC)cc34)c(C)c2)n1. The molecule has 2 heterocycles. The van der Waals surface area contributed by atoms with Gasteiger partial charge in [-0.15, -0.1) is 0 Å². The highest BCUT2D eigenvalue weighted by molar-refractivity contribution is 6.04. The number of carbonyl (C=O) groups is 1. The summed E-state index contributed by atoms with van der Waals surface area (Å²) >= 11 is 0. The van der Waals surface area contributed by atoms with Gasteiger partial charge >= 0.3 is 6.18 Å². The summed E-state index contributed by atoms with van der Waals surface area (Å²) in [4.78, 5) is 17.3. The van der Waals surface area contributed by atoms with E-state index in [2.05, 4.69) is 15.4 Å². The van der Waals surface area contributed by atoms with E-state index in [-0.39, 0.29) is 24.6 Å². The third-order valence-corrected chi connectivity index (χ3v) is 5.72. The topological polar surface area (TPSA) is 106 Å². The monoisotopic (exact) mass is 560 g/mol. The molecule has 4 rings (SSSR count). The predicted octanol–water partition coefficient (Wildman–Crippen LogP) is 5.39. The van der Waals surface area contributed by atoms with Gasteiger partial charge in [0, 0.05) is 30.4 Å². The van der Waals surface area contributed by atoms with Crippen LogP contribution in [0.3, 0.4) is 0 Å². The molecule has 0 aliphatic carbocycles. The summed E-state index contributed by atoms with van der Waals surface area (Å²) in [7, 11) is 4.55. The van der Waals surface area contributed by atoms with Crippen LogP contribution in [0.1, 0.15) is 16.1 Å². The van der Waals surface area contributed by atoms with Crippen LogP contribution in [0.25, 0.3) is 10.9 Å². The molecule has 4 aromatic rings. The number of amides is 1. The number of benzene rings is 2. The fraction of sp³-hybridized carbons (Fsp3) is 0.296. The van der Waals surface area contributed by atoms with Crippen molar-refractivity contribution in [2.45, 2.75) is 19.6 Å². The van der Waals surface area contributed by atoms with Crippen molar-refractivity contribution in [2.24, 2.45) is 0 Å². The number of hydrogen-bond acceptors (Lipinski definition) is 8. The van der Waals surface area contributed by atoms with Gasteiger partial charge in [-0.1, -0.05) is 0 Å². The summed E-state index contributed by atoms with van der Waals surface area (Å²) < 4.78 is 66.2. The van der Waals surface area contributed by atoms with Crippen molar-refractivity contribution in [3.05, 3.63) is 60.0 Å². The minimum Gasteiger partial charge on any atom is -0.493 e. The Labute approximate surface area is 227 Å². The van der Waals surface area contributed by atoms with Crippen LogP contribution in [0.2, 0.25) is 0 Å². The molecule has 2 aromatic carbocycles. The second kappa shape index (κ2) is 12.1. The van der Waals surface area contributed by atoms with E-state index in [1.165, 1.54) is 32.2 Å². The highest BCUT2D eigenvalue weighted by Crippen LogP contribution is 2.37. The maximum Gasteiger partial charge on any atom is 0.422 e. The van der Waals surface area contributed by atoms with Crippen LogP contribution in [0.15, 0.2) is 48.8 Å². The number of pyridine rings is 1. The van der Waals surface area contributed by atoms with Gasteiger partial charge in [-0.25, -0.2) is 0 Å². The van der Waals surface area contributed by atoms with Gasteiger partial charge in [-0.2, -0.15) is 18.3 Å². The zero-order valence-electron chi connectivity index (χ0n) is 22.2. The Morgan fingerprint density at radius 3 is 2.40 bits per heavy atom. The molecule has 1 amide bonds. The number of halogens is 3. The molecule has 0 bridgehead atoms. The second-order valence-corrected chi connectivity index (χ2v) is 8.57. The van der Waals surface area contributed by atoms with Gasteiger partial charge in [-0.05, 0) is 42.8 Å². The van der Waals surface area contributed by atoms with E-state index < -0.39 is 18.7 Å². The summed E-state index contributed by atoms with van der Waals surface area (Å²) in [6.07, 6.45) is -1.74. The average molecular weight is 561 g/mol. The summed E-state index contributed by atoms with van der Waals surface area (Å²) in [6.45, 7) is 0.695. The summed E-state index contributed by atoms with van der Waals surface area (Å²) in [5, 5.41) is 7.43. The van der Waals surface area contributed by atoms with Gasteiger partial charge in [0.05, 0.1) is 39.1 Å². The van der Waals surface area contributed by atoms with Crippen LogP contribution in [0.4, 0.5) is 18.9 Å². The Morgan fingerprint density at radius 1 is 0.975 bits per heavy atom. The van der Waals surface area contributed by atoms with Crippen LogP contribution in [-0.4, -0.2) is 61.4 Å². The van der Waals surface area contributed by atoms with Crippen LogP contribution in [-0.2, 0) is 11.3 Å². The van der Waals surface area contributed by atoms with Crippen molar-refractivity contribution >= 4 is 22.5 Å². The molecule has 0 atom stereocenters. The van der Waals surface area contributed by atoms with Crippen molar-refractivity contribution < 1.29 is 41.7 Å². The van der Waals surface area contributed by atoms with Gasteiger partial charge in [0.25, 0.3) is 5.91 Å². The molecule has 0 radical (unpaired) electrons. The minimum atomic E-state index is -4.58. The first-order valence-corrected chi connectivity index (χ1v) is 12.0. The molecule has 2 aromatic heterocycles. The van der Waals surface area contributed by atoms with E-state index >= 15 is 0 Å². The van der Waals surface area contributed by atoms with E-state index in [9.17, 15) is 18.0 Å². The average Bonchev–Trinajstić information content (AvgIpc) is 3.34. The lowest BCUT2D eigenvalue weighted by molar-refractivity contribution is -0.153. The lowest BCUT2D eigenvalue weighted by Gasteiger charge is -2.14. The molecular formula is C27H27F3N4O6. The number of fused-ring (bicyclic) bond motifs is 1. The van der Waals surface area contributed by atoms with Crippen LogP contribution in [0.5, 0.6) is 28.7 Å². The number of aromatic nitrogens is 3. The number of nitrogens with zero attached hydrogens (tertiary/aromatic N) is 3. The van der Waals surface area contributed by atoms with Gasteiger partial charge in [0.15, 0.2) is 29.5 Å². The standard InChI is InChI=1S/C27H27F3N4O6/c1-16-11-17(32-26(35)25-24(39-15-27(28,29)30)14-34(33-25)9-10-36-2)5-6-20(16)40-21-7-8-31-19-13-23(38-4)22(37-3)12-18(19)21/h5-8,11-14H,9-10,15H2,1-4H3,(H,32,35). The van der Waals surface area contributed by atoms with Gasteiger partial charge < -0.3 is 29.0 Å². The molecular weight excluding hydrogens is 533 g/mol. The largest absolute Gasteiger partial charge is 0.493 e. The highest BCUT2D eigenvalue weighted by Gasteiger charge is 2.30. The molecule has 0 saturated carbocycles. The Hall–Kier alpha value is -4.52. The number of methoxy groups -OCH3 is 3. The van der Waals surface area contributed by atoms with Crippen LogP contribution in [0, 0.1) is 6.92 Å². The van der Waals surface area contributed by atoms with Crippen molar-refractivity contribution in [1.29, 1.82) is 0 Å². The molecule has 13 heteroatoms. The number of hydrogen-bond donors (Lipinski definition) is 1. The van der Waals surface area contributed by atoms with Crippen molar-refractivity contribution in [3.63, 3.8) is 0 Å². The number of alkyl halides is 3. The van der Waals surface area contributed by atoms with E-state index in [0.717, 1.165) is 0 Å². The summed E-state index contributed by atoms with van der Waals surface area (Å²) in [5.74, 6) is 1.07. The first-order chi connectivity index (χ1) is 19.1. The molecule has 0 fully saturated rings. The Balaban J connectivity index is 1.54. The van der Waals surface area contributed by atoms with Gasteiger partial charge in [0.2, 0.25) is 0 Å². The molecule has 40 heavy (non-hydrogen) atoms. The zero-order chi connectivity index (χ0) is 28.9. The van der Waals surface area contributed by atoms with Crippen molar-refractivity contribution in [1.82, 2.24) is 14.8 Å². The van der Waals surface area contributed by atoms with E-state index in [1.54, 1.807) is 49.5 Å².